The molecule has 1 aromatic rings. The highest BCUT2D eigenvalue weighted by Gasteiger charge is 2.14. The maximum Gasteiger partial charge on any atom is 0.337 e. The third-order valence-electron chi connectivity index (χ3n) is 3.35. The minimum Gasteiger partial charge on any atom is -0.496 e. The van der Waals surface area contributed by atoms with Crippen molar-refractivity contribution < 1.29 is 14.3 Å². The highest BCUT2D eigenvalue weighted by Crippen LogP contribution is 2.29. The Labute approximate surface area is 107 Å². The SMILES string of the molecule is COC(=O)c1ccc(/C=C/C2CCC2)c(OC)c1. The molecule has 3 heteroatoms. The number of hydrogen-bond acceptors (Lipinski definition) is 3. The van der Waals surface area contributed by atoms with Gasteiger partial charge in [0, 0.05) is 5.56 Å². The van der Waals surface area contributed by atoms with Crippen LogP contribution in [0.3, 0.4) is 0 Å². The van der Waals surface area contributed by atoms with E-state index in [0.717, 1.165) is 5.56 Å². The van der Waals surface area contributed by atoms with Crippen molar-refractivity contribution in [3.63, 3.8) is 0 Å². The molecule has 0 heterocycles. The Morgan fingerprint density at radius 2 is 2.11 bits per heavy atom. The van der Waals surface area contributed by atoms with Gasteiger partial charge in [0.15, 0.2) is 0 Å². The molecule has 3 nitrogen and oxygen atoms in total. The average Bonchev–Trinajstić information content (AvgIpc) is 2.36. The van der Waals surface area contributed by atoms with E-state index in [1.54, 1.807) is 19.2 Å². The van der Waals surface area contributed by atoms with Gasteiger partial charge in [-0.2, -0.15) is 0 Å². The van der Waals surface area contributed by atoms with Crippen molar-refractivity contribution >= 4 is 12.0 Å². The average molecular weight is 246 g/mol. The van der Waals surface area contributed by atoms with Crippen molar-refractivity contribution in [1.29, 1.82) is 0 Å². The number of esters is 1. The van der Waals surface area contributed by atoms with Crippen LogP contribution in [0.5, 0.6) is 5.75 Å². The van der Waals surface area contributed by atoms with Crippen molar-refractivity contribution in [2.24, 2.45) is 5.92 Å². The van der Waals surface area contributed by atoms with E-state index in [-0.39, 0.29) is 5.97 Å². The summed E-state index contributed by atoms with van der Waals surface area (Å²) < 4.78 is 9.99. The van der Waals surface area contributed by atoms with E-state index in [9.17, 15) is 4.79 Å². The van der Waals surface area contributed by atoms with E-state index in [2.05, 4.69) is 16.9 Å². The summed E-state index contributed by atoms with van der Waals surface area (Å²) in [7, 11) is 2.98. The molecule has 1 fully saturated rings. The molecule has 0 bridgehead atoms. The van der Waals surface area contributed by atoms with Gasteiger partial charge < -0.3 is 9.47 Å². The Hall–Kier alpha value is -1.77. The zero-order valence-electron chi connectivity index (χ0n) is 10.8. The number of carbonyl (C=O) groups excluding carboxylic acids is 1. The van der Waals surface area contributed by atoms with Gasteiger partial charge in [-0.1, -0.05) is 24.6 Å². The van der Waals surface area contributed by atoms with Crippen LogP contribution in [0.1, 0.15) is 35.2 Å². The van der Waals surface area contributed by atoms with Crippen molar-refractivity contribution in [2.75, 3.05) is 14.2 Å². The number of rotatable bonds is 4. The second-order valence-electron chi connectivity index (χ2n) is 4.50. The number of allylic oxidation sites excluding steroid dienone is 1. The van der Waals surface area contributed by atoms with Gasteiger partial charge in [-0.25, -0.2) is 4.79 Å². The lowest BCUT2D eigenvalue weighted by atomic mass is 9.85. The molecule has 1 aliphatic carbocycles. The summed E-state index contributed by atoms with van der Waals surface area (Å²) in [6, 6.07) is 5.36. The Balaban J connectivity index is 2.19. The van der Waals surface area contributed by atoms with Crippen molar-refractivity contribution in [3.8, 4) is 5.75 Å². The molecule has 0 saturated heterocycles. The Morgan fingerprint density at radius 3 is 2.67 bits per heavy atom. The largest absolute Gasteiger partial charge is 0.496 e. The second kappa shape index (κ2) is 5.71. The zero-order chi connectivity index (χ0) is 13.0. The number of hydrogen-bond donors (Lipinski definition) is 0. The third kappa shape index (κ3) is 2.73. The summed E-state index contributed by atoms with van der Waals surface area (Å²) in [5.74, 6) is 1.06. The monoisotopic (exact) mass is 246 g/mol. The maximum absolute atomic E-state index is 11.4. The lowest BCUT2D eigenvalue weighted by Crippen LogP contribution is -2.06. The lowest BCUT2D eigenvalue weighted by Gasteiger charge is -2.21. The molecule has 96 valence electrons. The minimum atomic E-state index is -0.345. The van der Waals surface area contributed by atoms with Gasteiger partial charge in [-0.05, 0) is 30.9 Å². The predicted molar refractivity (Wildman–Crippen MR) is 70.7 cm³/mol. The third-order valence-corrected chi connectivity index (χ3v) is 3.35. The quantitative estimate of drug-likeness (QED) is 0.765. The summed E-state index contributed by atoms with van der Waals surface area (Å²) in [4.78, 5) is 11.4. The molecule has 1 aliphatic rings. The Bertz CT molecular complexity index is 459. The van der Waals surface area contributed by atoms with E-state index in [4.69, 9.17) is 4.74 Å². The second-order valence-corrected chi connectivity index (χ2v) is 4.50. The van der Waals surface area contributed by atoms with E-state index in [0.29, 0.717) is 17.2 Å². The van der Waals surface area contributed by atoms with Crippen LogP contribution >= 0.6 is 0 Å². The number of methoxy groups -OCH3 is 2. The van der Waals surface area contributed by atoms with Gasteiger partial charge in [-0.3, -0.25) is 0 Å². The Kier molecular flexibility index (Phi) is 4.03. The summed E-state index contributed by atoms with van der Waals surface area (Å²) in [5, 5.41) is 0. The van der Waals surface area contributed by atoms with E-state index < -0.39 is 0 Å². The lowest BCUT2D eigenvalue weighted by molar-refractivity contribution is 0.0600. The first-order chi connectivity index (χ1) is 8.74. The van der Waals surface area contributed by atoms with Crippen LogP contribution in [0.15, 0.2) is 24.3 Å². The van der Waals surface area contributed by atoms with Crippen LogP contribution in [-0.4, -0.2) is 20.2 Å². The van der Waals surface area contributed by atoms with Crippen LogP contribution < -0.4 is 4.74 Å². The Morgan fingerprint density at radius 1 is 1.33 bits per heavy atom. The van der Waals surface area contributed by atoms with Gasteiger partial charge in [0.25, 0.3) is 0 Å². The fourth-order valence-corrected chi connectivity index (χ4v) is 1.97. The molecule has 0 radical (unpaired) electrons. The van der Waals surface area contributed by atoms with Gasteiger partial charge >= 0.3 is 5.97 Å². The van der Waals surface area contributed by atoms with Gasteiger partial charge in [-0.15, -0.1) is 0 Å². The molecule has 0 aromatic heterocycles. The molecule has 2 rings (SSSR count). The molecule has 0 N–H and O–H groups in total. The minimum absolute atomic E-state index is 0.345. The van der Waals surface area contributed by atoms with Crippen LogP contribution in [0.4, 0.5) is 0 Å². The van der Waals surface area contributed by atoms with Crippen LogP contribution in [0, 0.1) is 5.92 Å². The number of ether oxygens (including phenoxy) is 2. The van der Waals surface area contributed by atoms with Crippen molar-refractivity contribution in [1.82, 2.24) is 0 Å². The normalized spacial score (nSPS) is 15.4. The van der Waals surface area contributed by atoms with Crippen molar-refractivity contribution in [3.05, 3.63) is 35.4 Å². The molecule has 0 aliphatic heterocycles. The standard InChI is InChI=1S/C15H18O3/c1-17-14-10-13(15(16)18-2)9-8-12(14)7-6-11-4-3-5-11/h6-11H,3-5H2,1-2H3/b7-6+. The molecular formula is C15H18O3. The molecule has 0 atom stereocenters. The van der Waals surface area contributed by atoms with E-state index in [1.165, 1.54) is 26.4 Å². The number of benzene rings is 1. The molecule has 0 amide bonds. The van der Waals surface area contributed by atoms with E-state index >= 15 is 0 Å². The maximum atomic E-state index is 11.4. The highest BCUT2D eigenvalue weighted by molar-refractivity contribution is 5.90. The van der Waals surface area contributed by atoms with Gasteiger partial charge in [0.1, 0.15) is 5.75 Å². The molecule has 18 heavy (non-hydrogen) atoms. The van der Waals surface area contributed by atoms with Crippen LogP contribution in [-0.2, 0) is 4.74 Å². The van der Waals surface area contributed by atoms with Crippen LogP contribution in [0.2, 0.25) is 0 Å². The zero-order valence-corrected chi connectivity index (χ0v) is 10.8. The fourth-order valence-electron chi connectivity index (χ4n) is 1.97. The predicted octanol–water partition coefficient (Wildman–Crippen LogP) is 3.30. The van der Waals surface area contributed by atoms with Crippen LogP contribution in [0.25, 0.3) is 6.08 Å². The smallest absolute Gasteiger partial charge is 0.337 e. The van der Waals surface area contributed by atoms with Gasteiger partial charge in [0.2, 0.25) is 0 Å². The molecule has 0 unspecified atom stereocenters. The molecule has 1 aromatic carbocycles. The van der Waals surface area contributed by atoms with E-state index in [1.807, 2.05) is 6.07 Å². The summed E-state index contributed by atoms with van der Waals surface area (Å²) >= 11 is 0. The highest BCUT2D eigenvalue weighted by atomic mass is 16.5. The molecule has 1 saturated carbocycles. The summed E-state index contributed by atoms with van der Waals surface area (Å²) in [6.45, 7) is 0. The topological polar surface area (TPSA) is 35.5 Å². The molecule has 0 spiro atoms. The molecular weight excluding hydrogens is 228 g/mol. The first-order valence-electron chi connectivity index (χ1n) is 6.19. The summed E-state index contributed by atoms with van der Waals surface area (Å²) in [5.41, 5.74) is 1.51. The summed E-state index contributed by atoms with van der Waals surface area (Å²) in [6.07, 6.45) is 8.18. The first-order valence-corrected chi connectivity index (χ1v) is 6.19. The first kappa shape index (κ1) is 12.7. The van der Waals surface area contributed by atoms with Crippen molar-refractivity contribution in [2.45, 2.75) is 19.3 Å². The van der Waals surface area contributed by atoms with Gasteiger partial charge in [0.05, 0.1) is 19.8 Å². The fraction of sp³-hybridized carbons (Fsp3) is 0.400. The number of carbonyl (C=O) groups is 1.